The van der Waals surface area contributed by atoms with E-state index in [1.165, 1.54) is 17.8 Å². The highest BCUT2D eigenvalue weighted by Crippen LogP contribution is 2.31. The quantitative estimate of drug-likeness (QED) is 0.934. The normalized spacial score (nSPS) is 11.8. The molecular formula is C15H20FN3S. The third-order valence-corrected chi connectivity index (χ3v) is 3.83. The molecule has 2 aromatic rings. The van der Waals surface area contributed by atoms with Gasteiger partial charge in [0.15, 0.2) is 0 Å². The Balaban J connectivity index is 2.21. The zero-order chi connectivity index (χ0) is 14.8. The summed E-state index contributed by atoms with van der Waals surface area (Å²) < 4.78 is 15.8. The maximum absolute atomic E-state index is 14.1. The van der Waals surface area contributed by atoms with Crippen molar-refractivity contribution in [2.45, 2.75) is 42.6 Å². The lowest BCUT2D eigenvalue weighted by atomic mass is 10.1. The van der Waals surface area contributed by atoms with E-state index >= 15 is 0 Å². The van der Waals surface area contributed by atoms with Crippen molar-refractivity contribution in [3.63, 3.8) is 0 Å². The Morgan fingerprint density at radius 3 is 2.70 bits per heavy atom. The van der Waals surface area contributed by atoms with Crippen molar-refractivity contribution in [3.8, 4) is 0 Å². The van der Waals surface area contributed by atoms with Gasteiger partial charge in [-0.1, -0.05) is 17.8 Å². The van der Waals surface area contributed by atoms with Crippen LogP contribution in [0.1, 0.15) is 26.3 Å². The van der Waals surface area contributed by atoms with Gasteiger partial charge in [0.25, 0.3) is 0 Å². The number of hydrogen-bond acceptors (Lipinski definition) is 3. The summed E-state index contributed by atoms with van der Waals surface area (Å²) in [7, 11) is 1.87. The number of aryl methyl sites for hydroxylation is 1. The van der Waals surface area contributed by atoms with Crippen molar-refractivity contribution in [1.29, 1.82) is 0 Å². The number of nitrogens with one attached hydrogen (secondary N) is 1. The summed E-state index contributed by atoms with van der Waals surface area (Å²) in [6, 6.07) is 5.20. The van der Waals surface area contributed by atoms with Crippen molar-refractivity contribution in [3.05, 3.63) is 42.0 Å². The summed E-state index contributed by atoms with van der Waals surface area (Å²) >= 11 is 1.54. The first-order chi connectivity index (χ1) is 9.35. The molecule has 108 valence electrons. The molecule has 3 nitrogen and oxygen atoms in total. The Kier molecular flexibility index (Phi) is 4.50. The maximum atomic E-state index is 14.1. The Labute approximate surface area is 123 Å². The highest BCUT2D eigenvalue weighted by Gasteiger charge is 2.14. The van der Waals surface area contributed by atoms with E-state index < -0.39 is 0 Å². The van der Waals surface area contributed by atoms with Gasteiger partial charge in [-0.3, -0.25) is 4.68 Å². The molecule has 2 rings (SSSR count). The van der Waals surface area contributed by atoms with Crippen LogP contribution in [-0.2, 0) is 13.6 Å². The van der Waals surface area contributed by atoms with Crippen LogP contribution in [0.4, 0.5) is 4.39 Å². The van der Waals surface area contributed by atoms with E-state index in [0.717, 1.165) is 9.79 Å². The lowest BCUT2D eigenvalue weighted by molar-refractivity contribution is 0.416. The van der Waals surface area contributed by atoms with Gasteiger partial charge in [0.05, 0.1) is 11.1 Å². The average Bonchev–Trinajstić information content (AvgIpc) is 2.73. The van der Waals surface area contributed by atoms with Crippen LogP contribution in [0.15, 0.2) is 40.4 Å². The third kappa shape index (κ3) is 4.08. The fourth-order valence-corrected chi connectivity index (χ4v) is 2.74. The van der Waals surface area contributed by atoms with Crippen LogP contribution in [0.25, 0.3) is 0 Å². The monoisotopic (exact) mass is 293 g/mol. The van der Waals surface area contributed by atoms with Crippen LogP contribution in [0.2, 0.25) is 0 Å². The largest absolute Gasteiger partial charge is 0.308 e. The molecule has 0 aliphatic rings. The van der Waals surface area contributed by atoms with Crippen molar-refractivity contribution in [2.75, 3.05) is 0 Å². The van der Waals surface area contributed by atoms with E-state index in [-0.39, 0.29) is 11.4 Å². The number of hydrogen-bond donors (Lipinski definition) is 1. The molecule has 0 radical (unpaired) electrons. The van der Waals surface area contributed by atoms with Gasteiger partial charge in [0, 0.05) is 35.8 Å². The van der Waals surface area contributed by atoms with Gasteiger partial charge in [-0.05, 0) is 32.9 Å². The van der Waals surface area contributed by atoms with Crippen LogP contribution in [0.3, 0.4) is 0 Å². The van der Waals surface area contributed by atoms with Crippen LogP contribution in [0, 0.1) is 5.82 Å². The smallest absolute Gasteiger partial charge is 0.128 e. The summed E-state index contributed by atoms with van der Waals surface area (Å²) in [5.41, 5.74) is 0.662. The molecule has 0 unspecified atom stereocenters. The summed E-state index contributed by atoms with van der Waals surface area (Å²) in [5.74, 6) is -0.171. The van der Waals surface area contributed by atoms with E-state index in [9.17, 15) is 4.39 Å². The minimum atomic E-state index is -0.171. The molecule has 1 heterocycles. The zero-order valence-electron chi connectivity index (χ0n) is 12.3. The molecule has 0 spiro atoms. The van der Waals surface area contributed by atoms with E-state index in [0.29, 0.717) is 12.1 Å². The van der Waals surface area contributed by atoms with Gasteiger partial charge in [0.2, 0.25) is 0 Å². The fourth-order valence-electron chi connectivity index (χ4n) is 1.74. The van der Waals surface area contributed by atoms with E-state index in [1.54, 1.807) is 16.9 Å². The SMILES string of the molecule is Cn1cc(Sc2cccc(F)c2CNC(C)(C)C)cn1. The summed E-state index contributed by atoms with van der Waals surface area (Å²) in [6.07, 6.45) is 3.72. The van der Waals surface area contributed by atoms with Gasteiger partial charge in [-0.15, -0.1) is 0 Å². The molecule has 0 bridgehead atoms. The molecule has 0 amide bonds. The molecular weight excluding hydrogens is 273 g/mol. The summed E-state index contributed by atoms with van der Waals surface area (Å²) in [5, 5.41) is 7.47. The van der Waals surface area contributed by atoms with Crippen LogP contribution in [-0.4, -0.2) is 15.3 Å². The van der Waals surface area contributed by atoms with E-state index in [2.05, 4.69) is 31.2 Å². The third-order valence-electron chi connectivity index (χ3n) is 2.78. The number of benzene rings is 1. The van der Waals surface area contributed by atoms with Gasteiger partial charge >= 0.3 is 0 Å². The highest BCUT2D eigenvalue weighted by atomic mass is 32.2. The molecule has 1 aromatic heterocycles. The van der Waals surface area contributed by atoms with Crippen molar-refractivity contribution < 1.29 is 4.39 Å². The molecule has 0 atom stereocenters. The Morgan fingerprint density at radius 2 is 2.10 bits per heavy atom. The van der Waals surface area contributed by atoms with Gasteiger partial charge in [-0.25, -0.2) is 4.39 Å². The predicted molar refractivity (Wildman–Crippen MR) is 80.3 cm³/mol. The van der Waals surface area contributed by atoms with Gasteiger partial charge in [0.1, 0.15) is 5.82 Å². The number of rotatable bonds is 4. The van der Waals surface area contributed by atoms with E-state index in [4.69, 9.17) is 0 Å². The summed E-state index contributed by atoms with van der Waals surface area (Å²) in [4.78, 5) is 1.94. The van der Waals surface area contributed by atoms with Crippen LogP contribution < -0.4 is 5.32 Å². The molecule has 20 heavy (non-hydrogen) atoms. The van der Waals surface area contributed by atoms with Crippen molar-refractivity contribution in [2.24, 2.45) is 7.05 Å². The minimum absolute atomic E-state index is 0.0431. The molecule has 0 aliphatic heterocycles. The lowest BCUT2D eigenvalue weighted by Crippen LogP contribution is -2.35. The van der Waals surface area contributed by atoms with Crippen LogP contribution in [0.5, 0.6) is 0 Å². The van der Waals surface area contributed by atoms with Crippen LogP contribution >= 0.6 is 11.8 Å². The molecule has 0 aliphatic carbocycles. The zero-order valence-corrected chi connectivity index (χ0v) is 13.1. The minimum Gasteiger partial charge on any atom is -0.308 e. The van der Waals surface area contributed by atoms with Gasteiger partial charge in [-0.2, -0.15) is 5.10 Å². The second-order valence-corrected chi connectivity index (χ2v) is 6.89. The van der Waals surface area contributed by atoms with E-state index in [1.807, 2.05) is 19.3 Å². The molecule has 1 N–H and O–H groups in total. The second-order valence-electron chi connectivity index (χ2n) is 5.77. The predicted octanol–water partition coefficient (Wildman–Crippen LogP) is 3.60. The lowest BCUT2D eigenvalue weighted by Gasteiger charge is -2.21. The molecule has 1 aromatic carbocycles. The first-order valence-electron chi connectivity index (χ1n) is 6.54. The van der Waals surface area contributed by atoms with Crippen molar-refractivity contribution in [1.82, 2.24) is 15.1 Å². The molecule has 0 saturated heterocycles. The molecule has 5 heteroatoms. The Morgan fingerprint density at radius 1 is 1.35 bits per heavy atom. The number of aromatic nitrogens is 2. The molecule has 0 fully saturated rings. The van der Waals surface area contributed by atoms with Gasteiger partial charge < -0.3 is 5.32 Å². The first kappa shape index (κ1) is 15.1. The molecule has 0 saturated carbocycles. The first-order valence-corrected chi connectivity index (χ1v) is 7.36. The maximum Gasteiger partial charge on any atom is 0.128 e. The fraction of sp³-hybridized carbons (Fsp3) is 0.400. The Hall–Kier alpha value is -1.33. The average molecular weight is 293 g/mol. The standard InChI is InChI=1S/C15H20FN3S/c1-15(2,3)17-9-12-13(16)6-5-7-14(12)20-11-8-18-19(4)10-11/h5-8,10,17H,9H2,1-4H3. The van der Waals surface area contributed by atoms with Crippen molar-refractivity contribution >= 4 is 11.8 Å². The Bertz CT molecular complexity index is 587. The number of halogens is 1. The number of nitrogens with zero attached hydrogens (tertiary/aromatic N) is 2. The highest BCUT2D eigenvalue weighted by molar-refractivity contribution is 7.99. The second kappa shape index (κ2) is 5.97. The summed E-state index contributed by atoms with van der Waals surface area (Å²) in [6.45, 7) is 6.73. The topological polar surface area (TPSA) is 29.9 Å².